The van der Waals surface area contributed by atoms with Crippen LogP contribution in [0.25, 0.3) is 0 Å². The molecule has 1 heterocycles. The molecule has 1 aromatic heterocycles. The highest BCUT2D eigenvalue weighted by Crippen LogP contribution is 2.72. The second-order valence-electron chi connectivity index (χ2n) is 8.76. The molecule has 0 radical (unpaired) electrons. The van der Waals surface area contributed by atoms with Crippen LogP contribution in [0.3, 0.4) is 0 Å². The number of allylic oxidation sites excluding steroid dienone is 2. The van der Waals surface area contributed by atoms with Crippen LogP contribution in [0.1, 0.15) is 50.0 Å². The summed E-state index contributed by atoms with van der Waals surface area (Å²) in [5.74, 6) is -0.129. The number of ketones is 1. The van der Waals surface area contributed by atoms with Crippen molar-refractivity contribution in [1.82, 2.24) is 15.6 Å². The molecular weight excluding hydrogens is 358 g/mol. The average Bonchev–Trinajstić information content (AvgIpc) is 3.05. The van der Waals surface area contributed by atoms with E-state index in [1.54, 1.807) is 0 Å². The molecule has 3 aliphatic carbocycles. The maximum absolute atomic E-state index is 13.1. The van der Waals surface area contributed by atoms with Crippen molar-refractivity contribution in [2.75, 3.05) is 6.54 Å². The number of carbonyl (C=O) groups excluding carboxylic acids is 3. The highest BCUT2D eigenvalue weighted by Gasteiger charge is 2.69. The molecule has 0 unspecified atom stereocenters. The minimum Gasteiger partial charge on any atom is -0.446 e. The van der Waals surface area contributed by atoms with E-state index in [0.29, 0.717) is 18.4 Å². The van der Waals surface area contributed by atoms with Crippen LogP contribution < -0.4 is 10.6 Å². The molecule has 2 N–H and O–H groups in total. The first-order chi connectivity index (χ1) is 13.3. The van der Waals surface area contributed by atoms with Crippen LogP contribution in [0, 0.1) is 35.0 Å². The normalized spacial score (nSPS) is 28.7. The number of nitrogens with one attached hydrogen (secondary N) is 2. The van der Waals surface area contributed by atoms with Crippen LogP contribution in [0.15, 0.2) is 22.8 Å². The number of amides is 2. The first kappa shape index (κ1) is 18.9. The molecule has 28 heavy (non-hydrogen) atoms. The molecule has 2 fully saturated rings. The predicted molar refractivity (Wildman–Crippen MR) is 101 cm³/mol. The Hall–Kier alpha value is -2.44. The van der Waals surface area contributed by atoms with Gasteiger partial charge in [0, 0.05) is 13.5 Å². The Bertz CT molecular complexity index is 836. The maximum Gasteiger partial charge on any atom is 0.224 e. The molecule has 0 aliphatic heterocycles. The van der Waals surface area contributed by atoms with E-state index in [9.17, 15) is 14.4 Å². The zero-order valence-electron chi connectivity index (χ0n) is 16.5. The van der Waals surface area contributed by atoms with Crippen LogP contribution in [-0.4, -0.2) is 29.1 Å². The van der Waals surface area contributed by atoms with Gasteiger partial charge in [-0.1, -0.05) is 26.0 Å². The summed E-state index contributed by atoms with van der Waals surface area (Å²) in [4.78, 5) is 41.4. The van der Waals surface area contributed by atoms with Crippen LogP contribution >= 0.6 is 0 Å². The summed E-state index contributed by atoms with van der Waals surface area (Å²) in [7, 11) is 0. The molecule has 7 heteroatoms. The van der Waals surface area contributed by atoms with Crippen LogP contribution in [0.5, 0.6) is 0 Å². The summed E-state index contributed by atoms with van der Waals surface area (Å²) in [5.41, 5.74) is 0.349. The van der Waals surface area contributed by atoms with E-state index in [4.69, 9.17) is 4.42 Å². The second kappa shape index (κ2) is 6.87. The fourth-order valence-corrected chi connectivity index (χ4v) is 4.97. The van der Waals surface area contributed by atoms with Gasteiger partial charge in [0.2, 0.25) is 17.7 Å². The van der Waals surface area contributed by atoms with E-state index in [2.05, 4.69) is 41.6 Å². The molecule has 7 nitrogen and oxygen atoms in total. The largest absolute Gasteiger partial charge is 0.446 e. The summed E-state index contributed by atoms with van der Waals surface area (Å²) < 4.78 is 5.25. The van der Waals surface area contributed by atoms with E-state index < -0.39 is 0 Å². The smallest absolute Gasteiger partial charge is 0.224 e. The number of hydrogen-bond donors (Lipinski definition) is 2. The van der Waals surface area contributed by atoms with Gasteiger partial charge in [-0.05, 0) is 36.0 Å². The summed E-state index contributed by atoms with van der Waals surface area (Å²) in [6.07, 6.45) is 7.73. The molecule has 1 spiro atoms. The van der Waals surface area contributed by atoms with E-state index in [0.717, 1.165) is 12.8 Å². The molecule has 3 aliphatic rings. The van der Waals surface area contributed by atoms with Crippen molar-refractivity contribution in [1.29, 1.82) is 0 Å². The number of hydrogen-bond acceptors (Lipinski definition) is 5. The fraction of sp³-hybridized carbons (Fsp3) is 0.619. The topological polar surface area (TPSA) is 101 Å². The number of oxazole rings is 1. The number of Topliss-reactive ketones (excluding diaryl/α,β-unsaturated/α-hetero) is 1. The highest BCUT2D eigenvalue weighted by atomic mass is 16.3. The second-order valence-corrected chi connectivity index (χ2v) is 8.76. The third kappa shape index (κ3) is 3.06. The Morgan fingerprint density at radius 1 is 1.14 bits per heavy atom. The first-order valence-corrected chi connectivity index (χ1v) is 10.0. The van der Waals surface area contributed by atoms with Crippen molar-refractivity contribution < 1.29 is 18.8 Å². The van der Waals surface area contributed by atoms with Crippen LogP contribution in [0.2, 0.25) is 0 Å². The van der Waals surface area contributed by atoms with E-state index >= 15 is 0 Å². The third-order valence-corrected chi connectivity index (χ3v) is 6.46. The lowest BCUT2D eigenvalue weighted by Gasteiger charge is -2.26. The molecule has 2 bridgehead atoms. The Kier molecular flexibility index (Phi) is 4.63. The van der Waals surface area contributed by atoms with Crippen molar-refractivity contribution in [3.8, 4) is 0 Å². The van der Waals surface area contributed by atoms with Crippen LogP contribution in [0.4, 0.5) is 0 Å². The molecule has 2 saturated carbocycles. The molecule has 0 saturated heterocycles. The van der Waals surface area contributed by atoms with E-state index in [-0.39, 0.29) is 58.9 Å². The molecule has 1 aromatic rings. The van der Waals surface area contributed by atoms with Gasteiger partial charge in [0.1, 0.15) is 12.0 Å². The van der Waals surface area contributed by atoms with Gasteiger partial charge in [0.25, 0.3) is 0 Å². The standard InChI is InChI=1S/C21H27N3O4/c1-11(2)8-22-19(26)17-13-4-5-14(21(13)6-7-21)18(17)20(27)23-9-16-24-15(10-28-16)12(3)25/h4-5,10-11,13-14,17-18H,6-9H2,1-3H3,(H,22,26)(H,23,27)/t13-,14+,17-,18-/m1/s1. The number of rotatable bonds is 7. The zero-order valence-corrected chi connectivity index (χ0v) is 16.5. The van der Waals surface area contributed by atoms with Gasteiger partial charge in [-0.15, -0.1) is 0 Å². The lowest BCUT2D eigenvalue weighted by atomic mass is 9.81. The average molecular weight is 385 g/mol. The quantitative estimate of drug-likeness (QED) is 0.553. The van der Waals surface area contributed by atoms with Crippen LogP contribution in [-0.2, 0) is 16.1 Å². The minimum absolute atomic E-state index is 0.0213. The summed E-state index contributed by atoms with van der Waals surface area (Å²) in [5, 5.41) is 5.90. The first-order valence-electron chi connectivity index (χ1n) is 10.0. The molecule has 0 aromatic carbocycles. The number of nitrogens with zero attached hydrogens (tertiary/aromatic N) is 1. The Labute approximate surface area is 164 Å². The van der Waals surface area contributed by atoms with Gasteiger partial charge in [-0.2, -0.15) is 0 Å². The van der Waals surface area contributed by atoms with Gasteiger partial charge in [-0.25, -0.2) is 4.98 Å². The monoisotopic (exact) mass is 385 g/mol. The Balaban J connectivity index is 1.47. The van der Waals surface area contributed by atoms with Crippen molar-refractivity contribution in [3.63, 3.8) is 0 Å². The number of aromatic nitrogens is 1. The Morgan fingerprint density at radius 2 is 1.75 bits per heavy atom. The summed E-state index contributed by atoms with van der Waals surface area (Å²) in [6.45, 7) is 6.24. The Morgan fingerprint density at radius 3 is 2.25 bits per heavy atom. The zero-order chi connectivity index (χ0) is 20.1. The van der Waals surface area contributed by atoms with Crippen molar-refractivity contribution in [2.45, 2.75) is 40.2 Å². The van der Waals surface area contributed by atoms with Crippen molar-refractivity contribution in [3.05, 3.63) is 30.0 Å². The summed E-state index contributed by atoms with van der Waals surface area (Å²) >= 11 is 0. The minimum atomic E-state index is -0.369. The highest BCUT2D eigenvalue weighted by molar-refractivity contribution is 5.92. The van der Waals surface area contributed by atoms with Gasteiger partial charge in [0.05, 0.1) is 18.4 Å². The molecule has 150 valence electrons. The molecule has 4 atom stereocenters. The van der Waals surface area contributed by atoms with Gasteiger partial charge < -0.3 is 15.1 Å². The molecule has 4 rings (SSSR count). The molecule has 2 amide bonds. The van der Waals surface area contributed by atoms with E-state index in [1.165, 1.54) is 13.2 Å². The summed E-state index contributed by atoms with van der Waals surface area (Å²) in [6, 6.07) is 0. The van der Waals surface area contributed by atoms with Crippen molar-refractivity contribution in [2.24, 2.45) is 35.0 Å². The SMILES string of the molecule is CC(=O)c1coc(CNC(=O)[C@H]2[C@H](C(=O)NCC(C)C)[C@H]3C=C[C@@H]2C32CC2)n1. The molecular formula is C21H27N3O4. The number of carbonyl (C=O) groups is 3. The maximum atomic E-state index is 13.1. The third-order valence-electron chi connectivity index (χ3n) is 6.46. The van der Waals surface area contributed by atoms with E-state index in [1.807, 2.05) is 0 Å². The lowest BCUT2D eigenvalue weighted by Crippen LogP contribution is -2.44. The van der Waals surface area contributed by atoms with Crippen molar-refractivity contribution >= 4 is 17.6 Å². The van der Waals surface area contributed by atoms with Gasteiger partial charge in [0.15, 0.2) is 5.78 Å². The lowest BCUT2D eigenvalue weighted by molar-refractivity contribution is -0.135. The fourth-order valence-electron chi connectivity index (χ4n) is 4.97. The van der Waals surface area contributed by atoms with Gasteiger partial charge in [-0.3, -0.25) is 14.4 Å². The van der Waals surface area contributed by atoms with Gasteiger partial charge >= 0.3 is 0 Å². The predicted octanol–water partition coefficient (Wildman–Crippen LogP) is 2.09.